The van der Waals surface area contributed by atoms with Gasteiger partial charge in [0.1, 0.15) is 0 Å². The zero-order chi connectivity index (χ0) is 9.19. The van der Waals surface area contributed by atoms with Crippen LogP contribution in [0.25, 0.3) is 0 Å². The standard InChI is InChI=1S/C6H9FN2O3/c7-6(5(10)11)1-3-9(8-12)4-2-6/h1-4H2,(H,10,11). The third-order valence-electron chi connectivity index (χ3n) is 2.03. The second kappa shape index (κ2) is 3.04. The number of carboxylic acid groups (broad SMARTS) is 1. The molecule has 0 atom stereocenters. The van der Waals surface area contributed by atoms with Crippen LogP contribution >= 0.6 is 0 Å². The predicted octanol–water partition coefficient (Wildman–Crippen LogP) is 0.556. The molecule has 1 saturated heterocycles. The maximum absolute atomic E-state index is 13.2. The lowest BCUT2D eigenvalue weighted by Gasteiger charge is -2.29. The van der Waals surface area contributed by atoms with Crippen molar-refractivity contribution in [3.63, 3.8) is 0 Å². The quantitative estimate of drug-likeness (QED) is 0.624. The number of nitrogens with zero attached hydrogens (tertiary/aromatic N) is 2. The number of carbonyl (C=O) groups is 1. The van der Waals surface area contributed by atoms with Crippen molar-refractivity contribution in [2.24, 2.45) is 5.29 Å². The summed E-state index contributed by atoms with van der Waals surface area (Å²) in [6.07, 6.45) is -0.345. The van der Waals surface area contributed by atoms with Crippen LogP contribution in [0.5, 0.6) is 0 Å². The van der Waals surface area contributed by atoms with Crippen LogP contribution in [0.3, 0.4) is 0 Å². The minimum Gasteiger partial charge on any atom is -0.479 e. The molecule has 12 heavy (non-hydrogen) atoms. The van der Waals surface area contributed by atoms with E-state index in [9.17, 15) is 14.1 Å². The van der Waals surface area contributed by atoms with E-state index in [1.165, 1.54) is 0 Å². The number of piperidine rings is 1. The Kier molecular flexibility index (Phi) is 2.25. The number of hydrogen-bond donors (Lipinski definition) is 1. The minimum absolute atomic E-state index is 0.0757. The highest BCUT2D eigenvalue weighted by Crippen LogP contribution is 2.26. The minimum atomic E-state index is -2.17. The molecular formula is C6H9FN2O3. The van der Waals surface area contributed by atoms with E-state index in [-0.39, 0.29) is 25.9 Å². The number of carboxylic acids is 1. The van der Waals surface area contributed by atoms with E-state index in [1.807, 2.05) is 0 Å². The summed E-state index contributed by atoms with van der Waals surface area (Å²) in [4.78, 5) is 20.3. The molecule has 1 aliphatic heterocycles. The average Bonchev–Trinajstić information content (AvgIpc) is 2.06. The first-order chi connectivity index (χ1) is 5.58. The van der Waals surface area contributed by atoms with Crippen molar-refractivity contribution in [2.75, 3.05) is 13.1 Å². The van der Waals surface area contributed by atoms with Gasteiger partial charge in [0.15, 0.2) is 0 Å². The molecule has 0 aromatic heterocycles. The maximum Gasteiger partial charge on any atom is 0.341 e. The van der Waals surface area contributed by atoms with Gasteiger partial charge in [-0.05, 0) is 0 Å². The first-order valence-electron chi connectivity index (χ1n) is 3.59. The molecule has 5 nitrogen and oxygen atoms in total. The Bertz CT molecular complexity index is 201. The molecule has 0 aromatic rings. The van der Waals surface area contributed by atoms with Crippen LogP contribution < -0.4 is 0 Å². The Morgan fingerprint density at radius 3 is 2.33 bits per heavy atom. The molecule has 68 valence electrons. The van der Waals surface area contributed by atoms with Gasteiger partial charge >= 0.3 is 5.97 Å². The molecule has 0 aromatic carbocycles. The lowest BCUT2D eigenvalue weighted by Crippen LogP contribution is -2.44. The summed E-state index contributed by atoms with van der Waals surface area (Å²) in [5.41, 5.74) is -2.17. The van der Waals surface area contributed by atoms with Gasteiger partial charge in [-0.3, -0.25) is 5.01 Å². The Morgan fingerprint density at radius 2 is 2.00 bits per heavy atom. The van der Waals surface area contributed by atoms with E-state index < -0.39 is 11.6 Å². The van der Waals surface area contributed by atoms with Crippen molar-refractivity contribution in [2.45, 2.75) is 18.5 Å². The molecule has 0 spiro atoms. The fourth-order valence-corrected chi connectivity index (χ4v) is 1.14. The Morgan fingerprint density at radius 1 is 1.50 bits per heavy atom. The first kappa shape index (κ1) is 8.89. The Hall–Kier alpha value is -1.20. The smallest absolute Gasteiger partial charge is 0.341 e. The summed E-state index contributed by atoms with van der Waals surface area (Å²) in [7, 11) is 0. The first-order valence-corrected chi connectivity index (χ1v) is 3.59. The summed E-state index contributed by atoms with van der Waals surface area (Å²) in [6, 6.07) is 0. The molecule has 1 fully saturated rings. The molecule has 1 rings (SSSR count). The largest absolute Gasteiger partial charge is 0.479 e. The van der Waals surface area contributed by atoms with Gasteiger partial charge in [0, 0.05) is 25.9 Å². The number of halogens is 1. The number of rotatable bonds is 2. The summed E-state index contributed by atoms with van der Waals surface area (Å²) >= 11 is 0. The molecule has 1 heterocycles. The molecule has 1 aliphatic rings. The highest BCUT2D eigenvalue weighted by atomic mass is 19.1. The number of aliphatic carboxylic acids is 1. The normalized spacial score (nSPS) is 21.9. The molecule has 6 heteroatoms. The van der Waals surface area contributed by atoms with Gasteiger partial charge in [-0.1, -0.05) is 0 Å². The SMILES string of the molecule is O=NN1CCC(F)(C(=O)O)CC1. The van der Waals surface area contributed by atoms with Gasteiger partial charge in [0.25, 0.3) is 0 Å². The molecule has 0 radical (unpaired) electrons. The monoisotopic (exact) mass is 176 g/mol. The summed E-state index contributed by atoms with van der Waals surface area (Å²) in [6.45, 7) is 0.151. The van der Waals surface area contributed by atoms with Crippen molar-refractivity contribution in [1.29, 1.82) is 0 Å². The van der Waals surface area contributed by atoms with Crippen LogP contribution in [0.15, 0.2) is 5.29 Å². The second-order valence-electron chi connectivity index (χ2n) is 2.81. The van der Waals surface area contributed by atoms with E-state index in [0.717, 1.165) is 5.01 Å². The predicted molar refractivity (Wildman–Crippen MR) is 38.1 cm³/mol. The highest BCUT2D eigenvalue weighted by molar-refractivity contribution is 5.77. The van der Waals surface area contributed by atoms with E-state index >= 15 is 0 Å². The summed E-state index contributed by atoms with van der Waals surface area (Å²) in [5.74, 6) is -1.45. The number of nitroso groups, excluding NO2 is 1. The van der Waals surface area contributed by atoms with Crippen LogP contribution in [0.4, 0.5) is 4.39 Å². The fraction of sp³-hybridized carbons (Fsp3) is 0.833. The maximum atomic E-state index is 13.2. The van der Waals surface area contributed by atoms with Crippen LogP contribution in [-0.2, 0) is 4.79 Å². The van der Waals surface area contributed by atoms with Crippen LogP contribution in [0.2, 0.25) is 0 Å². The van der Waals surface area contributed by atoms with Crippen molar-refractivity contribution in [3.8, 4) is 0 Å². The van der Waals surface area contributed by atoms with Crippen molar-refractivity contribution < 1.29 is 14.3 Å². The van der Waals surface area contributed by atoms with E-state index in [1.54, 1.807) is 0 Å². The van der Waals surface area contributed by atoms with Gasteiger partial charge in [0.05, 0.1) is 5.29 Å². The molecule has 0 amide bonds. The Labute approximate surface area is 68.1 Å². The zero-order valence-electron chi connectivity index (χ0n) is 6.36. The third kappa shape index (κ3) is 1.51. The number of hydrogen-bond acceptors (Lipinski definition) is 3. The van der Waals surface area contributed by atoms with Gasteiger partial charge in [-0.25, -0.2) is 9.18 Å². The average molecular weight is 176 g/mol. The third-order valence-corrected chi connectivity index (χ3v) is 2.03. The Balaban J connectivity index is 2.55. The van der Waals surface area contributed by atoms with Gasteiger partial charge in [-0.15, -0.1) is 4.91 Å². The van der Waals surface area contributed by atoms with Crippen LogP contribution in [-0.4, -0.2) is 34.8 Å². The van der Waals surface area contributed by atoms with Crippen molar-refractivity contribution in [3.05, 3.63) is 4.91 Å². The van der Waals surface area contributed by atoms with Crippen LogP contribution in [0.1, 0.15) is 12.8 Å². The summed E-state index contributed by atoms with van der Waals surface area (Å²) in [5, 5.41) is 12.2. The van der Waals surface area contributed by atoms with Gasteiger partial charge < -0.3 is 5.11 Å². The molecule has 0 aliphatic carbocycles. The van der Waals surface area contributed by atoms with Crippen LogP contribution in [0, 0.1) is 4.91 Å². The second-order valence-corrected chi connectivity index (χ2v) is 2.81. The summed E-state index contributed by atoms with van der Waals surface area (Å²) < 4.78 is 13.2. The van der Waals surface area contributed by atoms with E-state index in [0.29, 0.717) is 0 Å². The van der Waals surface area contributed by atoms with Gasteiger partial charge in [0.2, 0.25) is 5.67 Å². The molecule has 1 N–H and O–H groups in total. The zero-order valence-corrected chi connectivity index (χ0v) is 6.36. The topological polar surface area (TPSA) is 70.0 Å². The van der Waals surface area contributed by atoms with Gasteiger partial charge in [-0.2, -0.15) is 0 Å². The molecule has 0 bridgehead atoms. The lowest BCUT2D eigenvalue weighted by molar-refractivity contribution is -0.154. The molecular weight excluding hydrogens is 167 g/mol. The lowest BCUT2D eigenvalue weighted by atomic mass is 9.94. The van der Waals surface area contributed by atoms with Crippen molar-refractivity contribution >= 4 is 5.97 Å². The molecule has 0 saturated carbocycles. The highest BCUT2D eigenvalue weighted by Gasteiger charge is 2.41. The van der Waals surface area contributed by atoms with E-state index in [4.69, 9.17) is 5.11 Å². The van der Waals surface area contributed by atoms with Crippen molar-refractivity contribution in [1.82, 2.24) is 5.01 Å². The fourth-order valence-electron chi connectivity index (χ4n) is 1.14. The van der Waals surface area contributed by atoms with E-state index in [2.05, 4.69) is 5.29 Å². The molecule has 0 unspecified atom stereocenters. The number of alkyl halides is 1.